The molecule has 2 atom stereocenters. The first-order chi connectivity index (χ1) is 9.61. The van der Waals surface area contributed by atoms with Crippen molar-refractivity contribution in [2.45, 2.75) is 13.8 Å². The number of morpholine rings is 1. The van der Waals surface area contributed by atoms with Crippen LogP contribution in [0.1, 0.15) is 13.8 Å². The van der Waals surface area contributed by atoms with Crippen molar-refractivity contribution in [3.8, 4) is 0 Å². The highest BCUT2D eigenvalue weighted by Gasteiger charge is 2.32. The second-order valence-electron chi connectivity index (χ2n) is 5.59. The van der Waals surface area contributed by atoms with E-state index in [1.165, 1.54) is 0 Å². The van der Waals surface area contributed by atoms with Gasteiger partial charge in [-0.15, -0.1) is 0 Å². The van der Waals surface area contributed by atoms with Gasteiger partial charge in [-0.2, -0.15) is 0 Å². The SMILES string of the molecule is CC(C(=O)N1CCNCC1)C(C)C(=O)N1CCOCC1. The molecule has 1 N–H and O–H groups in total. The van der Waals surface area contributed by atoms with Gasteiger partial charge in [0.05, 0.1) is 13.2 Å². The molecule has 2 aliphatic heterocycles. The first-order valence-corrected chi connectivity index (χ1v) is 7.47. The maximum absolute atomic E-state index is 12.4. The Labute approximate surface area is 120 Å². The topological polar surface area (TPSA) is 61.9 Å². The fourth-order valence-corrected chi connectivity index (χ4v) is 2.67. The van der Waals surface area contributed by atoms with Crippen LogP contribution in [0.25, 0.3) is 0 Å². The van der Waals surface area contributed by atoms with Crippen LogP contribution in [-0.2, 0) is 14.3 Å². The molecule has 2 rings (SSSR count). The number of carbonyl (C=O) groups excluding carboxylic acids is 2. The van der Waals surface area contributed by atoms with Gasteiger partial charge < -0.3 is 19.9 Å². The summed E-state index contributed by atoms with van der Waals surface area (Å²) in [6, 6.07) is 0. The minimum Gasteiger partial charge on any atom is -0.378 e. The van der Waals surface area contributed by atoms with Gasteiger partial charge in [-0.1, -0.05) is 13.8 Å². The number of hydrogen-bond acceptors (Lipinski definition) is 4. The molecular formula is C14H25N3O3. The van der Waals surface area contributed by atoms with E-state index in [9.17, 15) is 9.59 Å². The lowest BCUT2D eigenvalue weighted by Gasteiger charge is -2.34. The normalized spacial score (nSPS) is 23.3. The van der Waals surface area contributed by atoms with Crippen LogP contribution < -0.4 is 5.32 Å². The number of amides is 2. The number of rotatable bonds is 3. The highest BCUT2D eigenvalue weighted by atomic mass is 16.5. The zero-order valence-electron chi connectivity index (χ0n) is 12.4. The van der Waals surface area contributed by atoms with Crippen molar-refractivity contribution in [3.63, 3.8) is 0 Å². The van der Waals surface area contributed by atoms with Crippen LogP contribution in [0.2, 0.25) is 0 Å². The summed E-state index contributed by atoms with van der Waals surface area (Å²) in [5.41, 5.74) is 0. The maximum atomic E-state index is 12.4. The minimum absolute atomic E-state index is 0.0734. The fraction of sp³-hybridized carbons (Fsp3) is 0.857. The Morgan fingerprint density at radius 1 is 0.900 bits per heavy atom. The summed E-state index contributed by atoms with van der Waals surface area (Å²) in [6.45, 7) is 9.35. The van der Waals surface area contributed by atoms with E-state index in [0.29, 0.717) is 26.3 Å². The van der Waals surface area contributed by atoms with Gasteiger partial charge >= 0.3 is 0 Å². The smallest absolute Gasteiger partial charge is 0.226 e. The zero-order chi connectivity index (χ0) is 14.5. The van der Waals surface area contributed by atoms with E-state index in [2.05, 4.69) is 5.32 Å². The molecule has 0 bridgehead atoms. The molecule has 2 saturated heterocycles. The van der Waals surface area contributed by atoms with Crippen molar-refractivity contribution >= 4 is 11.8 Å². The first-order valence-electron chi connectivity index (χ1n) is 7.47. The number of carbonyl (C=O) groups is 2. The summed E-state index contributed by atoms with van der Waals surface area (Å²) >= 11 is 0. The van der Waals surface area contributed by atoms with Crippen LogP contribution in [-0.4, -0.2) is 74.1 Å². The number of nitrogens with zero attached hydrogens (tertiary/aromatic N) is 2. The Bertz CT molecular complexity index is 316. The second-order valence-corrected chi connectivity index (χ2v) is 5.59. The van der Waals surface area contributed by atoms with Gasteiger partial charge in [-0.3, -0.25) is 9.59 Å². The predicted molar refractivity (Wildman–Crippen MR) is 75.2 cm³/mol. The van der Waals surface area contributed by atoms with Crippen molar-refractivity contribution in [2.75, 3.05) is 52.5 Å². The standard InChI is InChI=1S/C14H25N3O3/c1-11(13(18)16-5-3-15-4-6-16)12(2)14(19)17-7-9-20-10-8-17/h11-12,15H,3-10H2,1-2H3. The lowest BCUT2D eigenvalue weighted by Crippen LogP contribution is -2.51. The molecule has 0 radical (unpaired) electrons. The van der Waals surface area contributed by atoms with Gasteiger partial charge in [0.25, 0.3) is 0 Å². The molecule has 6 heteroatoms. The van der Waals surface area contributed by atoms with E-state index < -0.39 is 0 Å². The average Bonchev–Trinajstić information content (AvgIpc) is 2.53. The molecule has 20 heavy (non-hydrogen) atoms. The van der Waals surface area contributed by atoms with Gasteiger partial charge in [0.2, 0.25) is 11.8 Å². The van der Waals surface area contributed by atoms with Crippen LogP contribution in [0.5, 0.6) is 0 Å². The molecule has 0 aliphatic carbocycles. The second kappa shape index (κ2) is 7.04. The summed E-state index contributed by atoms with van der Waals surface area (Å²) in [5, 5.41) is 3.23. The minimum atomic E-state index is -0.268. The Balaban J connectivity index is 1.90. The molecule has 6 nitrogen and oxygen atoms in total. The van der Waals surface area contributed by atoms with E-state index in [1.807, 2.05) is 23.6 Å². The molecule has 0 aromatic heterocycles. The van der Waals surface area contributed by atoms with Crippen molar-refractivity contribution in [2.24, 2.45) is 11.8 Å². The molecule has 2 aliphatic rings. The van der Waals surface area contributed by atoms with Crippen molar-refractivity contribution in [1.82, 2.24) is 15.1 Å². The molecular weight excluding hydrogens is 258 g/mol. The van der Waals surface area contributed by atoms with Crippen molar-refractivity contribution in [3.05, 3.63) is 0 Å². The predicted octanol–water partition coefficient (Wildman–Crippen LogP) is -0.451. The van der Waals surface area contributed by atoms with Crippen LogP contribution in [0.15, 0.2) is 0 Å². The quantitative estimate of drug-likeness (QED) is 0.762. The molecule has 2 fully saturated rings. The largest absolute Gasteiger partial charge is 0.378 e. The van der Waals surface area contributed by atoms with Crippen molar-refractivity contribution in [1.29, 1.82) is 0 Å². The highest BCUT2D eigenvalue weighted by Crippen LogP contribution is 2.18. The van der Waals surface area contributed by atoms with Crippen LogP contribution in [0.4, 0.5) is 0 Å². The summed E-state index contributed by atoms with van der Waals surface area (Å²) in [6.07, 6.45) is 0. The van der Waals surface area contributed by atoms with Crippen LogP contribution in [0.3, 0.4) is 0 Å². The van der Waals surface area contributed by atoms with E-state index in [4.69, 9.17) is 4.74 Å². The maximum Gasteiger partial charge on any atom is 0.226 e. The Morgan fingerprint density at radius 2 is 1.35 bits per heavy atom. The third-order valence-electron chi connectivity index (χ3n) is 4.28. The molecule has 114 valence electrons. The van der Waals surface area contributed by atoms with E-state index in [-0.39, 0.29) is 23.7 Å². The number of hydrogen-bond donors (Lipinski definition) is 1. The number of nitrogens with one attached hydrogen (secondary N) is 1. The number of ether oxygens (including phenoxy) is 1. The van der Waals surface area contributed by atoms with Crippen LogP contribution >= 0.6 is 0 Å². The Hall–Kier alpha value is -1.14. The average molecular weight is 283 g/mol. The zero-order valence-corrected chi connectivity index (χ0v) is 12.4. The molecule has 2 amide bonds. The summed E-state index contributed by atoms with van der Waals surface area (Å²) in [5.74, 6) is -0.358. The molecule has 0 spiro atoms. The van der Waals surface area contributed by atoms with Gasteiger partial charge in [0.15, 0.2) is 0 Å². The van der Waals surface area contributed by atoms with E-state index in [0.717, 1.165) is 26.2 Å². The third-order valence-corrected chi connectivity index (χ3v) is 4.28. The summed E-state index contributed by atoms with van der Waals surface area (Å²) in [4.78, 5) is 28.5. The van der Waals surface area contributed by atoms with Gasteiger partial charge in [-0.05, 0) is 0 Å². The lowest BCUT2D eigenvalue weighted by atomic mass is 9.92. The Kier molecular flexibility index (Phi) is 5.37. The number of piperazine rings is 1. The molecule has 2 heterocycles. The fourth-order valence-electron chi connectivity index (χ4n) is 2.67. The lowest BCUT2D eigenvalue weighted by molar-refractivity contribution is -0.147. The first kappa shape index (κ1) is 15.3. The molecule has 0 saturated carbocycles. The van der Waals surface area contributed by atoms with Gasteiger partial charge in [0, 0.05) is 51.1 Å². The van der Waals surface area contributed by atoms with Gasteiger partial charge in [-0.25, -0.2) is 0 Å². The summed E-state index contributed by atoms with van der Waals surface area (Å²) < 4.78 is 5.26. The summed E-state index contributed by atoms with van der Waals surface area (Å²) in [7, 11) is 0. The Morgan fingerprint density at radius 3 is 1.85 bits per heavy atom. The van der Waals surface area contributed by atoms with E-state index >= 15 is 0 Å². The van der Waals surface area contributed by atoms with Crippen LogP contribution in [0, 0.1) is 11.8 Å². The van der Waals surface area contributed by atoms with Gasteiger partial charge in [0.1, 0.15) is 0 Å². The molecule has 0 aromatic rings. The van der Waals surface area contributed by atoms with E-state index in [1.54, 1.807) is 0 Å². The third kappa shape index (κ3) is 3.49. The van der Waals surface area contributed by atoms with Crippen molar-refractivity contribution < 1.29 is 14.3 Å². The molecule has 2 unspecified atom stereocenters. The highest BCUT2D eigenvalue weighted by molar-refractivity contribution is 5.87. The monoisotopic (exact) mass is 283 g/mol. The molecule has 0 aromatic carbocycles.